The van der Waals surface area contributed by atoms with Gasteiger partial charge in [-0.15, -0.1) is 11.3 Å². The highest BCUT2D eigenvalue weighted by atomic mass is 32.1. The van der Waals surface area contributed by atoms with Gasteiger partial charge in [0.15, 0.2) is 0 Å². The summed E-state index contributed by atoms with van der Waals surface area (Å²) >= 11 is 1.83. The Morgan fingerprint density at radius 3 is 2.78 bits per heavy atom. The molecule has 0 aliphatic carbocycles. The molecule has 1 unspecified atom stereocenters. The lowest BCUT2D eigenvalue weighted by Gasteiger charge is -2.36. The number of fused-ring (bicyclic) bond motifs is 1. The van der Waals surface area contributed by atoms with Gasteiger partial charge < -0.3 is 10.6 Å². The molecule has 0 bridgehead atoms. The van der Waals surface area contributed by atoms with E-state index < -0.39 is 0 Å². The third kappa shape index (κ3) is 3.68. The number of likely N-dealkylation sites (tertiary alicyclic amines) is 1. The summed E-state index contributed by atoms with van der Waals surface area (Å²) < 4.78 is 0. The average Bonchev–Trinajstić information content (AvgIpc) is 3.34. The van der Waals surface area contributed by atoms with Crippen molar-refractivity contribution in [3.05, 3.63) is 57.8 Å². The van der Waals surface area contributed by atoms with Crippen molar-refractivity contribution in [1.29, 1.82) is 0 Å². The average molecular weight is 384 g/mol. The summed E-state index contributed by atoms with van der Waals surface area (Å²) in [5.41, 5.74) is 8.77. The van der Waals surface area contributed by atoms with Gasteiger partial charge in [0.05, 0.1) is 12.6 Å². The molecule has 2 aromatic rings. The van der Waals surface area contributed by atoms with Crippen molar-refractivity contribution in [1.82, 2.24) is 9.80 Å². The lowest BCUT2D eigenvalue weighted by molar-refractivity contribution is -0.135. The molecule has 1 aromatic carbocycles. The van der Waals surface area contributed by atoms with Crippen LogP contribution in [0, 0.1) is 5.92 Å². The predicted octanol–water partition coefficient (Wildman–Crippen LogP) is 3.26. The van der Waals surface area contributed by atoms with E-state index in [-0.39, 0.29) is 11.9 Å². The van der Waals surface area contributed by atoms with E-state index in [1.807, 2.05) is 11.3 Å². The Morgan fingerprint density at radius 1 is 1.22 bits per heavy atom. The third-order valence-electron chi connectivity index (χ3n) is 6.21. The maximum atomic E-state index is 13.1. The molecule has 0 radical (unpaired) electrons. The number of nitrogens with two attached hydrogens (primary N) is 1. The molecule has 1 aromatic heterocycles. The summed E-state index contributed by atoms with van der Waals surface area (Å²) in [6.45, 7) is 6.05. The van der Waals surface area contributed by atoms with E-state index in [0.29, 0.717) is 24.9 Å². The Bertz CT molecular complexity index is 775. The van der Waals surface area contributed by atoms with Crippen LogP contribution in [0.25, 0.3) is 0 Å². The summed E-state index contributed by atoms with van der Waals surface area (Å²) in [6, 6.07) is 13.1. The van der Waals surface area contributed by atoms with E-state index in [2.05, 4.69) is 58.5 Å². The molecule has 2 N–H and O–H groups in total. The van der Waals surface area contributed by atoms with Crippen molar-refractivity contribution in [2.45, 2.75) is 31.7 Å². The Kier molecular flexibility index (Phi) is 5.62. The summed E-state index contributed by atoms with van der Waals surface area (Å²) in [5, 5.41) is 2.16. The van der Waals surface area contributed by atoms with Crippen LogP contribution in [-0.2, 0) is 11.2 Å². The molecule has 2 aliphatic rings. The first-order chi connectivity index (χ1) is 13.2. The first-order valence-electron chi connectivity index (χ1n) is 10.0. The van der Waals surface area contributed by atoms with E-state index in [1.165, 1.54) is 16.0 Å². The van der Waals surface area contributed by atoms with E-state index in [9.17, 15) is 4.79 Å². The number of rotatable bonds is 5. The van der Waals surface area contributed by atoms with Crippen molar-refractivity contribution in [3.63, 3.8) is 0 Å². The van der Waals surface area contributed by atoms with Gasteiger partial charge in [-0.2, -0.15) is 0 Å². The fraction of sp³-hybridized carbons (Fsp3) is 0.500. The molecule has 4 nitrogen and oxygen atoms in total. The molecule has 1 fully saturated rings. The van der Waals surface area contributed by atoms with Crippen LogP contribution in [-0.4, -0.2) is 48.4 Å². The monoisotopic (exact) mass is 383 g/mol. The van der Waals surface area contributed by atoms with E-state index in [4.69, 9.17) is 5.73 Å². The molecule has 27 heavy (non-hydrogen) atoms. The minimum Gasteiger partial charge on any atom is -0.334 e. The number of carbonyl (C=O) groups is 1. The zero-order valence-electron chi connectivity index (χ0n) is 16.0. The highest BCUT2D eigenvalue weighted by Gasteiger charge is 2.36. The van der Waals surface area contributed by atoms with Crippen LogP contribution >= 0.6 is 11.3 Å². The van der Waals surface area contributed by atoms with Crippen molar-refractivity contribution in [3.8, 4) is 0 Å². The lowest BCUT2D eigenvalue weighted by atomic mass is 9.89. The van der Waals surface area contributed by atoms with Crippen LogP contribution in [0.4, 0.5) is 0 Å². The number of carbonyl (C=O) groups excluding carboxylic acids is 1. The Hall–Kier alpha value is -1.69. The van der Waals surface area contributed by atoms with Gasteiger partial charge >= 0.3 is 0 Å². The van der Waals surface area contributed by atoms with Crippen molar-refractivity contribution in [2.24, 2.45) is 11.7 Å². The lowest BCUT2D eigenvalue weighted by Crippen LogP contribution is -2.44. The fourth-order valence-electron chi connectivity index (χ4n) is 4.82. The van der Waals surface area contributed by atoms with Crippen molar-refractivity contribution in [2.75, 3.05) is 32.7 Å². The molecule has 5 heteroatoms. The first kappa shape index (κ1) is 18.7. The number of amides is 1. The van der Waals surface area contributed by atoms with Gasteiger partial charge in [0.1, 0.15) is 0 Å². The topological polar surface area (TPSA) is 49.6 Å². The van der Waals surface area contributed by atoms with E-state index in [1.54, 1.807) is 0 Å². The second-order valence-corrected chi connectivity index (χ2v) is 8.77. The molecular weight excluding hydrogens is 354 g/mol. The molecule has 0 spiro atoms. The minimum atomic E-state index is 0.241. The largest absolute Gasteiger partial charge is 0.334 e. The minimum absolute atomic E-state index is 0.241. The third-order valence-corrected chi connectivity index (χ3v) is 7.20. The molecule has 3 atom stereocenters. The van der Waals surface area contributed by atoms with Crippen LogP contribution < -0.4 is 5.73 Å². The van der Waals surface area contributed by atoms with Crippen LogP contribution in [0.1, 0.15) is 41.3 Å². The Labute approximate surface area is 166 Å². The van der Waals surface area contributed by atoms with Gasteiger partial charge in [-0.25, -0.2) is 0 Å². The van der Waals surface area contributed by atoms with Crippen LogP contribution in [0.15, 0.2) is 41.8 Å². The molecule has 1 amide bonds. The van der Waals surface area contributed by atoms with Gasteiger partial charge in [0.25, 0.3) is 0 Å². The molecule has 2 aliphatic heterocycles. The smallest absolute Gasteiger partial charge is 0.237 e. The number of hydrogen-bond donors (Lipinski definition) is 1. The van der Waals surface area contributed by atoms with Crippen molar-refractivity contribution >= 4 is 17.2 Å². The van der Waals surface area contributed by atoms with E-state index >= 15 is 0 Å². The molecule has 3 heterocycles. The standard InChI is InChI=1S/C22H29N3OS/c1-2-20-18-9-11-27-21(18)8-10-25(20)22(26)15-24-13-17(12-23)19(14-24)16-6-4-3-5-7-16/h3-7,9,11,17,19-20H,2,8,10,12-15,23H2,1H3/t17-,19+,20?/m1/s1. The van der Waals surface area contributed by atoms with Crippen LogP contribution in [0.5, 0.6) is 0 Å². The molecule has 0 saturated carbocycles. The fourth-order valence-corrected chi connectivity index (χ4v) is 5.75. The number of thiophene rings is 1. The van der Waals surface area contributed by atoms with E-state index in [0.717, 1.165) is 32.5 Å². The zero-order chi connectivity index (χ0) is 18.8. The van der Waals surface area contributed by atoms with Gasteiger partial charge in [-0.3, -0.25) is 9.69 Å². The highest BCUT2D eigenvalue weighted by molar-refractivity contribution is 7.10. The first-order valence-corrected chi connectivity index (χ1v) is 10.9. The van der Waals surface area contributed by atoms with Crippen LogP contribution in [0.2, 0.25) is 0 Å². The maximum absolute atomic E-state index is 13.1. The van der Waals surface area contributed by atoms with Gasteiger partial charge in [-0.1, -0.05) is 37.3 Å². The Balaban J connectivity index is 1.44. The van der Waals surface area contributed by atoms with Crippen molar-refractivity contribution < 1.29 is 4.79 Å². The quantitative estimate of drug-likeness (QED) is 0.862. The second-order valence-electron chi connectivity index (χ2n) is 7.77. The molecule has 1 saturated heterocycles. The summed E-state index contributed by atoms with van der Waals surface area (Å²) in [6.07, 6.45) is 1.97. The summed E-state index contributed by atoms with van der Waals surface area (Å²) in [7, 11) is 0. The maximum Gasteiger partial charge on any atom is 0.237 e. The predicted molar refractivity (Wildman–Crippen MR) is 111 cm³/mol. The normalized spacial score (nSPS) is 25.6. The number of hydrogen-bond acceptors (Lipinski definition) is 4. The Morgan fingerprint density at radius 2 is 2.04 bits per heavy atom. The molecular formula is C22H29N3OS. The van der Waals surface area contributed by atoms with Gasteiger partial charge in [0, 0.05) is 30.4 Å². The van der Waals surface area contributed by atoms with Crippen LogP contribution in [0.3, 0.4) is 0 Å². The summed E-state index contributed by atoms with van der Waals surface area (Å²) in [4.78, 5) is 19.0. The zero-order valence-corrected chi connectivity index (χ0v) is 16.8. The van der Waals surface area contributed by atoms with Gasteiger partial charge in [0.2, 0.25) is 5.91 Å². The molecule has 144 valence electrons. The number of benzene rings is 1. The molecule has 4 rings (SSSR count). The number of nitrogens with zero attached hydrogens (tertiary/aromatic N) is 2. The summed E-state index contributed by atoms with van der Waals surface area (Å²) in [5.74, 6) is 1.12. The SMILES string of the molecule is CCC1c2ccsc2CCN1C(=O)CN1C[C@@H](CN)[C@H](c2ccccc2)C1. The second kappa shape index (κ2) is 8.13. The highest BCUT2D eigenvalue weighted by Crippen LogP contribution is 2.36. The van der Waals surface area contributed by atoms with Gasteiger partial charge in [-0.05, 0) is 47.9 Å².